The van der Waals surface area contributed by atoms with Crippen molar-refractivity contribution < 1.29 is 14.7 Å². The first-order valence-electron chi connectivity index (χ1n) is 5.71. The molecule has 1 amide bonds. The van der Waals surface area contributed by atoms with Crippen molar-refractivity contribution in [3.63, 3.8) is 0 Å². The van der Waals surface area contributed by atoms with Gasteiger partial charge in [0.15, 0.2) is 0 Å². The van der Waals surface area contributed by atoms with Crippen LogP contribution in [0, 0.1) is 0 Å². The quantitative estimate of drug-likeness (QED) is 0.817. The third-order valence-corrected chi connectivity index (χ3v) is 3.06. The van der Waals surface area contributed by atoms with Gasteiger partial charge in [-0.15, -0.1) is 5.10 Å². The first-order valence-corrected chi connectivity index (χ1v) is 6.48. The molecule has 0 saturated heterocycles. The molecule has 0 unspecified atom stereocenters. The average Bonchev–Trinajstić information content (AvgIpc) is 2.63. The summed E-state index contributed by atoms with van der Waals surface area (Å²) in [4.78, 5) is 23.2. The Morgan fingerprint density at radius 2 is 2.11 bits per heavy atom. The van der Waals surface area contributed by atoms with E-state index in [-0.39, 0.29) is 12.3 Å². The van der Waals surface area contributed by atoms with Gasteiger partial charge in [0.1, 0.15) is 4.88 Å². The Labute approximate surface area is 110 Å². The third kappa shape index (κ3) is 4.06. The Morgan fingerprint density at radius 3 is 2.67 bits per heavy atom. The van der Waals surface area contributed by atoms with Crippen LogP contribution < -0.4 is 5.32 Å². The summed E-state index contributed by atoms with van der Waals surface area (Å²) in [7, 11) is 0. The van der Waals surface area contributed by atoms with E-state index in [1.165, 1.54) is 0 Å². The second-order valence-electron chi connectivity index (χ2n) is 4.71. The van der Waals surface area contributed by atoms with Crippen LogP contribution >= 0.6 is 11.5 Å². The van der Waals surface area contributed by atoms with Gasteiger partial charge in [0, 0.05) is 5.54 Å². The minimum absolute atomic E-state index is 0.131. The van der Waals surface area contributed by atoms with Gasteiger partial charge in [-0.05, 0) is 31.8 Å². The van der Waals surface area contributed by atoms with Gasteiger partial charge in [-0.3, -0.25) is 9.59 Å². The van der Waals surface area contributed by atoms with Crippen LogP contribution in [0.3, 0.4) is 0 Å². The molecule has 0 atom stereocenters. The second kappa shape index (κ2) is 5.90. The number of aryl methyl sites for hydroxylation is 1. The molecular weight excluding hydrogens is 254 g/mol. The van der Waals surface area contributed by atoms with Crippen LogP contribution in [0.2, 0.25) is 0 Å². The Morgan fingerprint density at radius 1 is 1.44 bits per heavy atom. The summed E-state index contributed by atoms with van der Waals surface area (Å²) in [5.41, 5.74) is -0.123. The number of carboxylic acid groups (broad SMARTS) is 1. The lowest BCUT2D eigenvalue weighted by molar-refractivity contribution is -0.138. The topological polar surface area (TPSA) is 92.2 Å². The largest absolute Gasteiger partial charge is 0.481 e. The number of aliphatic carboxylic acids is 1. The zero-order valence-electron chi connectivity index (χ0n) is 10.7. The fraction of sp³-hybridized carbons (Fsp3) is 0.636. The highest BCUT2D eigenvalue weighted by Gasteiger charge is 2.26. The molecule has 0 bridgehead atoms. The van der Waals surface area contributed by atoms with E-state index < -0.39 is 11.5 Å². The summed E-state index contributed by atoms with van der Waals surface area (Å²) < 4.78 is 3.77. The molecule has 1 heterocycles. The van der Waals surface area contributed by atoms with E-state index in [1.54, 1.807) is 13.8 Å². The maximum atomic E-state index is 12.0. The summed E-state index contributed by atoms with van der Waals surface area (Å²) in [5, 5.41) is 15.4. The van der Waals surface area contributed by atoms with Gasteiger partial charge in [-0.2, -0.15) is 0 Å². The highest BCUT2D eigenvalue weighted by molar-refractivity contribution is 7.08. The predicted octanol–water partition coefficient (Wildman–Crippen LogP) is 1.47. The maximum absolute atomic E-state index is 12.0. The number of carboxylic acids is 1. The summed E-state index contributed by atoms with van der Waals surface area (Å²) in [6, 6.07) is 0. The number of nitrogens with zero attached hydrogens (tertiary/aromatic N) is 2. The molecule has 0 spiro atoms. The molecule has 0 fully saturated rings. The third-order valence-electron chi connectivity index (χ3n) is 2.29. The van der Waals surface area contributed by atoms with Crippen LogP contribution in [0.25, 0.3) is 0 Å². The monoisotopic (exact) mass is 271 g/mol. The minimum atomic E-state index is -0.948. The highest BCUT2D eigenvalue weighted by Crippen LogP contribution is 2.15. The molecular formula is C11H17N3O3S. The van der Waals surface area contributed by atoms with E-state index in [1.807, 2.05) is 6.92 Å². The van der Waals surface area contributed by atoms with Crippen molar-refractivity contribution in [2.75, 3.05) is 0 Å². The van der Waals surface area contributed by atoms with E-state index in [0.717, 1.165) is 18.0 Å². The average molecular weight is 271 g/mol. The second-order valence-corrected chi connectivity index (χ2v) is 5.46. The molecule has 0 saturated carbocycles. The normalized spacial score (nSPS) is 11.3. The van der Waals surface area contributed by atoms with Crippen molar-refractivity contribution in [2.24, 2.45) is 0 Å². The number of carbonyl (C=O) groups excluding carboxylic acids is 1. The van der Waals surface area contributed by atoms with Gasteiger partial charge in [0.25, 0.3) is 5.91 Å². The highest BCUT2D eigenvalue weighted by atomic mass is 32.1. The summed E-state index contributed by atoms with van der Waals surface area (Å²) in [6.45, 7) is 5.34. The van der Waals surface area contributed by atoms with Crippen molar-refractivity contribution in [2.45, 2.75) is 45.6 Å². The number of nitrogens with one attached hydrogen (secondary N) is 1. The van der Waals surface area contributed by atoms with E-state index in [2.05, 4.69) is 14.9 Å². The standard InChI is InChI=1S/C11H17N3O3S/c1-4-5-7-9(18-14-13-7)10(17)12-11(2,3)6-8(15)16/h4-6H2,1-3H3,(H,12,17)(H,15,16). The Balaban J connectivity index is 2.75. The van der Waals surface area contributed by atoms with E-state index in [4.69, 9.17) is 5.11 Å². The van der Waals surface area contributed by atoms with Gasteiger partial charge < -0.3 is 10.4 Å². The molecule has 0 aliphatic rings. The first kappa shape index (κ1) is 14.6. The predicted molar refractivity (Wildman–Crippen MR) is 67.7 cm³/mol. The maximum Gasteiger partial charge on any atom is 0.305 e. The SMILES string of the molecule is CCCc1nnsc1C(=O)NC(C)(C)CC(=O)O. The van der Waals surface area contributed by atoms with Crippen LogP contribution in [0.4, 0.5) is 0 Å². The number of aromatic nitrogens is 2. The van der Waals surface area contributed by atoms with E-state index >= 15 is 0 Å². The van der Waals surface area contributed by atoms with Crippen molar-refractivity contribution in [1.29, 1.82) is 0 Å². The molecule has 2 N–H and O–H groups in total. The number of amides is 1. The van der Waals surface area contributed by atoms with Crippen molar-refractivity contribution >= 4 is 23.4 Å². The van der Waals surface area contributed by atoms with Crippen molar-refractivity contribution in [3.8, 4) is 0 Å². The zero-order chi connectivity index (χ0) is 13.8. The summed E-state index contributed by atoms with van der Waals surface area (Å²) in [6.07, 6.45) is 1.44. The van der Waals surface area contributed by atoms with Crippen LogP contribution in [0.15, 0.2) is 0 Å². The van der Waals surface area contributed by atoms with Crippen molar-refractivity contribution in [3.05, 3.63) is 10.6 Å². The molecule has 7 heteroatoms. The Kier molecular flexibility index (Phi) is 4.77. The molecule has 1 rings (SSSR count). The van der Waals surface area contributed by atoms with E-state index in [9.17, 15) is 9.59 Å². The number of carbonyl (C=O) groups is 2. The fourth-order valence-corrected chi connectivity index (χ4v) is 2.17. The summed E-state index contributed by atoms with van der Waals surface area (Å²) >= 11 is 1.04. The fourth-order valence-electron chi connectivity index (χ4n) is 1.57. The molecule has 0 radical (unpaired) electrons. The van der Waals surface area contributed by atoms with Crippen LogP contribution in [-0.4, -0.2) is 32.1 Å². The number of hydrogen-bond donors (Lipinski definition) is 2. The smallest absolute Gasteiger partial charge is 0.305 e. The van der Waals surface area contributed by atoms with E-state index in [0.29, 0.717) is 17.0 Å². The number of rotatable bonds is 6. The lowest BCUT2D eigenvalue weighted by Crippen LogP contribution is -2.44. The zero-order valence-corrected chi connectivity index (χ0v) is 11.5. The molecule has 6 nitrogen and oxygen atoms in total. The number of hydrogen-bond acceptors (Lipinski definition) is 5. The Hall–Kier alpha value is -1.50. The Bertz CT molecular complexity index is 442. The molecule has 18 heavy (non-hydrogen) atoms. The van der Waals surface area contributed by atoms with Gasteiger partial charge >= 0.3 is 5.97 Å². The van der Waals surface area contributed by atoms with Crippen LogP contribution in [0.1, 0.15) is 49.0 Å². The van der Waals surface area contributed by atoms with Crippen molar-refractivity contribution in [1.82, 2.24) is 14.9 Å². The molecule has 100 valence electrons. The van der Waals surface area contributed by atoms with Gasteiger partial charge in [0.05, 0.1) is 12.1 Å². The molecule has 0 aromatic carbocycles. The lowest BCUT2D eigenvalue weighted by Gasteiger charge is -2.23. The van der Waals surface area contributed by atoms with Gasteiger partial charge in [-0.1, -0.05) is 17.8 Å². The minimum Gasteiger partial charge on any atom is -0.481 e. The van der Waals surface area contributed by atoms with Crippen LogP contribution in [-0.2, 0) is 11.2 Å². The first-order chi connectivity index (χ1) is 8.35. The van der Waals surface area contributed by atoms with Crippen LogP contribution in [0.5, 0.6) is 0 Å². The molecule has 0 aliphatic heterocycles. The van der Waals surface area contributed by atoms with Gasteiger partial charge in [-0.25, -0.2) is 0 Å². The summed E-state index contributed by atoms with van der Waals surface area (Å²) in [5.74, 6) is -1.25. The molecule has 1 aromatic heterocycles. The molecule has 1 aromatic rings. The van der Waals surface area contributed by atoms with Gasteiger partial charge in [0.2, 0.25) is 0 Å². The lowest BCUT2D eigenvalue weighted by atomic mass is 10.0. The molecule has 0 aliphatic carbocycles.